The van der Waals surface area contributed by atoms with E-state index in [0.717, 1.165) is 37.2 Å². The minimum atomic E-state index is -0.165. The summed E-state index contributed by atoms with van der Waals surface area (Å²) in [6.07, 6.45) is 2.10. The van der Waals surface area contributed by atoms with E-state index in [1.165, 1.54) is 11.1 Å². The third-order valence-corrected chi connectivity index (χ3v) is 4.55. The van der Waals surface area contributed by atoms with Crippen LogP contribution < -0.4 is 4.90 Å². The van der Waals surface area contributed by atoms with Crippen LogP contribution in [-0.4, -0.2) is 13.1 Å². The number of nitrogens with zero attached hydrogens (tertiary/aromatic N) is 1. The summed E-state index contributed by atoms with van der Waals surface area (Å²) in [7, 11) is 0. The number of hydrogen-bond donors (Lipinski definition) is 0. The van der Waals surface area contributed by atoms with Crippen molar-refractivity contribution in [3.8, 4) is 0 Å². The lowest BCUT2D eigenvalue weighted by Gasteiger charge is -2.25. The average molecular weight is 334 g/mol. The number of halogens is 2. The molecule has 104 valence electrons. The summed E-state index contributed by atoms with van der Waals surface area (Å²) in [4.78, 5) is 2.37. The maximum atomic E-state index is 13.4. The summed E-state index contributed by atoms with van der Waals surface area (Å²) in [5.74, 6) is -0.165. The van der Waals surface area contributed by atoms with Crippen molar-refractivity contribution in [3.05, 3.63) is 65.0 Å². The summed E-state index contributed by atoms with van der Waals surface area (Å²) in [5, 5.41) is 0.684. The quantitative estimate of drug-likeness (QED) is 0.739. The Bertz CT molecular complexity index is 585. The highest BCUT2D eigenvalue weighted by Gasteiger charge is 2.16. The van der Waals surface area contributed by atoms with Gasteiger partial charge in [0.1, 0.15) is 5.82 Å². The number of benzene rings is 2. The van der Waals surface area contributed by atoms with Gasteiger partial charge in [0.05, 0.1) is 0 Å². The van der Waals surface area contributed by atoms with Crippen LogP contribution in [0.5, 0.6) is 0 Å². The number of fused-ring (bicyclic) bond motifs is 1. The van der Waals surface area contributed by atoms with E-state index in [-0.39, 0.29) is 5.82 Å². The molecular weight excluding hydrogens is 317 g/mol. The molecule has 0 fully saturated rings. The van der Waals surface area contributed by atoms with Crippen LogP contribution in [0.25, 0.3) is 0 Å². The van der Waals surface area contributed by atoms with Gasteiger partial charge in [0.2, 0.25) is 0 Å². The Balaban J connectivity index is 1.87. The lowest BCUT2D eigenvalue weighted by molar-refractivity contribution is 0.626. The summed E-state index contributed by atoms with van der Waals surface area (Å²) >= 11 is 3.46. The molecular formula is C17H17BrFN. The smallest absolute Gasteiger partial charge is 0.123 e. The molecule has 20 heavy (non-hydrogen) atoms. The van der Waals surface area contributed by atoms with Crippen LogP contribution in [0.2, 0.25) is 0 Å². The standard InChI is InChI=1S/C17H17BrFN/c18-12-15-11-16(19)5-6-17(15)20-9-7-13-3-1-2-4-14(13)8-10-20/h1-6,11H,7-10,12H2. The van der Waals surface area contributed by atoms with Gasteiger partial charge in [-0.2, -0.15) is 0 Å². The monoisotopic (exact) mass is 333 g/mol. The molecule has 0 atom stereocenters. The van der Waals surface area contributed by atoms with Crippen molar-refractivity contribution in [3.63, 3.8) is 0 Å². The fraction of sp³-hybridized carbons (Fsp3) is 0.294. The van der Waals surface area contributed by atoms with E-state index in [2.05, 4.69) is 45.1 Å². The van der Waals surface area contributed by atoms with Crippen molar-refractivity contribution >= 4 is 21.6 Å². The Morgan fingerprint density at radius 1 is 1.00 bits per heavy atom. The summed E-state index contributed by atoms with van der Waals surface area (Å²) in [6, 6.07) is 13.7. The van der Waals surface area contributed by atoms with Gasteiger partial charge < -0.3 is 4.90 Å². The normalized spacial score (nSPS) is 14.8. The van der Waals surface area contributed by atoms with Crippen molar-refractivity contribution in [2.75, 3.05) is 18.0 Å². The molecule has 0 saturated carbocycles. The van der Waals surface area contributed by atoms with Crippen molar-refractivity contribution in [1.82, 2.24) is 0 Å². The highest BCUT2D eigenvalue weighted by atomic mass is 79.9. The maximum absolute atomic E-state index is 13.4. The van der Waals surface area contributed by atoms with E-state index < -0.39 is 0 Å². The largest absolute Gasteiger partial charge is 0.371 e. The van der Waals surface area contributed by atoms with Gasteiger partial charge in [-0.25, -0.2) is 4.39 Å². The minimum Gasteiger partial charge on any atom is -0.371 e. The number of rotatable bonds is 2. The lowest BCUT2D eigenvalue weighted by Crippen LogP contribution is -2.27. The Labute approximate surface area is 127 Å². The summed E-state index contributed by atoms with van der Waals surface area (Å²) < 4.78 is 13.4. The Hall–Kier alpha value is -1.35. The molecule has 3 rings (SSSR count). The average Bonchev–Trinajstić information content (AvgIpc) is 2.70. The highest BCUT2D eigenvalue weighted by molar-refractivity contribution is 9.08. The number of hydrogen-bond acceptors (Lipinski definition) is 1. The minimum absolute atomic E-state index is 0.165. The first kappa shape index (κ1) is 13.6. The molecule has 0 spiro atoms. The fourth-order valence-corrected chi connectivity index (χ4v) is 3.33. The van der Waals surface area contributed by atoms with Crippen LogP contribution >= 0.6 is 15.9 Å². The molecule has 3 heteroatoms. The summed E-state index contributed by atoms with van der Waals surface area (Å²) in [5.41, 5.74) is 5.06. The topological polar surface area (TPSA) is 3.24 Å². The molecule has 1 aliphatic heterocycles. The van der Waals surface area contributed by atoms with E-state index in [1.807, 2.05) is 6.07 Å². The van der Waals surface area contributed by atoms with E-state index in [9.17, 15) is 4.39 Å². The molecule has 0 amide bonds. The Kier molecular flexibility index (Phi) is 4.06. The van der Waals surface area contributed by atoms with Crippen LogP contribution in [0.3, 0.4) is 0 Å². The van der Waals surface area contributed by atoms with Crippen molar-refractivity contribution in [1.29, 1.82) is 0 Å². The van der Waals surface area contributed by atoms with Gasteiger partial charge in [-0.15, -0.1) is 0 Å². The zero-order valence-corrected chi connectivity index (χ0v) is 12.9. The molecule has 1 nitrogen and oxygen atoms in total. The highest BCUT2D eigenvalue weighted by Crippen LogP contribution is 2.26. The first-order chi connectivity index (χ1) is 9.78. The van der Waals surface area contributed by atoms with Crippen molar-refractivity contribution in [2.45, 2.75) is 18.2 Å². The second-order valence-corrected chi connectivity index (χ2v) is 5.72. The van der Waals surface area contributed by atoms with Gasteiger partial charge in [0, 0.05) is 24.1 Å². The third-order valence-electron chi connectivity index (χ3n) is 3.95. The van der Waals surface area contributed by atoms with Gasteiger partial charge in [-0.05, 0) is 47.7 Å². The third kappa shape index (κ3) is 2.73. The predicted octanol–water partition coefficient (Wildman–Crippen LogP) is 4.33. The Morgan fingerprint density at radius 3 is 2.25 bits per heavy atom. The molecule has 0 radical (unpaired) electrons. The molecule has 0 unspecified atom stereocenters. The molecule has 0 aromatic heterocycles. The first-order valence-corrected chi connectivity index (χ1v) is 8.06. The maximum Gasteiger partial charge on any atom is 0.123 e. The van der Waals surface area contributed by atoms with E-state index in [4.69, 9.17) is 0 Å². The van der Waals surface area contributed by atoms with E-state index >= 15 is 0 Å². The van der Waals surface area contributed by atoms with Crippen LogP contribution in [0.1, 0.15) is 16.7 Å². The van der Waals surface area contributed by atoms with Gasteiger partial charge in [-0.1, -0.05) is 40.2 Å². The molecule has 2 aromatic rings. The van der Waals surface area contributed by atoms with Crippen LogP contribution in [0.15, 0.2) is 42.5 Å². The molecule has 2 aromatic carbocycles. The first-order valence-electron chi connectivity index (χ1n) is 6.94. The number of anilines is 1. The van der Waals surface area contributed by atoms with Crippen molar-refractivity contribution in [2.24, 2.45) is 0 Å². The number of alkyl halides is 1. The van der Waals surface area contributed by atoms with Crippen LogP contribution in [0, 0.1) is 5.82 Å². The Morgan fingerprint density at radius 2 is 1.65 bits per heavy atom. The van der Waals surface area contributed by atoms with E-state index in [0.29, 0.717) is 5.33 Å². The van der Waals surface area contributed by atoms with Crippen LogP contribution in [0.4, 0.5) is 10.1 Å². The van der Waals surface area contributed by atoms with Crippen LogP contribution in [-0.2, 0) is 18.2 Å². The second-order valence-electron chi connectivity index (χ2n) is 5.16. The molecule has 0 N–H and O–H groups in total. The lowest BCUT2D eigenvalue weighted by atomic mass is 10.0. The molecule has 1 heterocycles. The zero-order valence-electron chi connectivity index (χ0n) is 11.3. The van der Waals surface area contributed by atoms with Gasteiger partial charge in [-0.3, -0.25) is 0 Å². The van der Waals surface area contributed by atoms with Crippen molar-refractivity contribution < 1.29 is 4.39 Å². The predicted molar refractivity (Wildman–Crippen MR) is 85.1 cm³/mol. The molecule has 0 saturated heterocycles. The second kappa shape index (κ2) is 5.96. The summed E-state index contributed by atoms with van der Waals surface area (Å²) in [6.45, 7) is 1.98. The molecule has 0 bridgehead atoms. The molecule has 0 aliphatic carbocycles. The fourth-order valence-electron chi connectivity index (χ4n) is 2.88. The van der Waals surface area contributed by atoms with Gasteiger partial charge in [0.25, 0.3) is 0 Å². The van der Waals surface area contributed by atoms with E-state index in [1.54, 1.807) is 12.1 Å². The molecule has 1 aliphatic rings. The zero-order chi connectivity index (χ0) is 13.9. The van der Waals surface area contributed by atoms with Gasteiger partial charge in [0.15, 0.2) is 0 Å². The van der Waals surface area contributed by atoms with Gasteiger partial charge >= 0.3 is 0 Å². The SMILES string of the molecule is Fc1ccc(N2CCc3ccccc3CC2)c(CBr)c1.